The van der Waals surface area contributed by atoms with Gasteiger partial charge in [0, 0.05) is 43.5 Å². The van der Waals surface area contributed by atoms with Crippen LogP contribution in [0.4, 0.5) is 5.69 Å². The lowest BCUT2D eigenvalue weighted by Crippen LogP contribution is -2.59. The standard InChI is InChI=1S/C19H30N2O3/c1-19(2)15-20(8-7-18-14-23-11-12-24-18)9-10-21(19)16-5-4-6-17(13-16)22-3/h4-6,13,18H,7-12,14-15H2,1-3H3. The number of anilines is 1. The van der Waals surface area contributed by atoms with Crippen LogP contribution in [0.1, 0.15) is 20.3 Å². The maximum absolute atomic E-state index is 5.76. The van der Waals surface area contributed by atoms with E-state index in [0.717, 1.165) is 58.2 Å². The van der Waals surface area contributed by atoms with Gasteiger partial charge in [0.1, 0.15) is 5.75 Å². The van der Waals surface area contributed by atoms with Crippen LogP contribution in [0.5, 0.6) is 5.75 Å². The molecule has 0 aromatic heterocycles. The van der Waals surface area contributed by atoms with Crippen LogP contribution in [0.2, 0.25) is 0 Å². The Kier molecular flexibility index (Phi) is 5.64. The van der Waals surface area contributed by atoms with Gasteiger partial charge in [-0.1, -0.05) is 6.07 Å². The normalized spacial score (nSPS) is 24.8. The molecule has 0 aliphatic carbocycles. The number of hydrogen-bond acceptors (Lipinski definition) is 5. The van der Waals surface area contributed by atoms with E-state index in [9.17, 15) is 0 Å². The van der Waals surface area contributed by atoms with Crippen molar-refractivity contribution in [1.29, 1.82) is 0 Å². The maximum atomic E-state index is 5.76. The lowest BCUT2D eigenvalue weighted by molar-refractivity contribution is -0.0931. The monoisotopic (exact) mass is 334 g/mol. The highest BCUT2D eigenvalue weighted by Gasteiger charge is 2.34. The molecule has 24 heavy (non-hydrogen) atoms. The molecular weight excluding hydrogens is 304 g/mol. The molecule has 2 aliphatic rings. The summed E-state index contributed by atoms with van der Waals surface area (Å²) in [6.45, 7) is 11.1. The Hall–Kier alpha value is -1.30. The van der Waals surface area contributed by atoms with Crippen molar-refractivity contribution in [2.24, 2.45) is 0 Å². The number of rotatable bonds is 5. The van der Waals surface area contributed by atoms with Gasteiger partial charge in [0.2, 0.25) is 0 Å². The molecule has 0 amide bonds. The van der Waals surface area contributed by atoms with Crippen LogP contribution < -0.4 is 9.64 Å². The SMILES string of the molecule is COc1cccc(N2CCN(CCC3COCCO3)CC2(C)C)c1. The highest BCUT2D eigenvalue weighted by atomic mass is 16.6. The van der Waals surface area contributed by atoms with Crippen LogP contribution in [-0.2, 0) is 9.47 Å². The number of hydrogen-bond donors (Lipinski definition) is 0. The zero-order valence-electron chi connectivity index (χ0n) is 15.2. The van der Waals surface area contributed by atoms with Crippen LogP contribution >= 0.6 is 0 Å². The van der Waals surface area contributed by atoms with Crippen molar-refractivity contribution >= 4 is 5.69 Å². The van der Waals surface area contributed by atoms with E-state index < -0.39 is 0 Å². The molecule has 0 N–H and O–H groups in total. The van der Waals surface area contributed by atoms with E-state index >= 15 is 0 Å². The van der Waals surface area contributed by atoms with E-state index in [2.05, 4.69) is 41.8 Å². The molecule has 1 atom stereocenters. The average molecular weight is 334 g/mol. The Balaban J connectivity index is 1.57. The molecule has 0 bridgehead atoms. The van der Waals surface area contributed by atoms with Gasteiger partial charge < -0.3 is 19.1 Å². The van der Waals surface area contributed by atoms with Crippen LogP contribution in [0, 0.1) is 0 Å². The van der Waals surface area contributed by atoms with Crippen molar-refractivity contribution < 1.29 is 14.2 Å². The Morgan fingerprint density at radius 1 is 1.25 bits per heavy atom. The van der Waals surface area contributed by atoms with E-state index in [-0.39, 0.29) is 11.6 Å². The van der Waals surface area contributed by atoms with Gasteiger partial charge in [-0.3, -0.25) is 4.90 Å². The predicted molar refractivity (Wildman–Crippen MR) is 96.0 cm³/mol. The van der Waals surface area contributed by atoms with Gasteiger partial charge in [0.15, 0.2) is 0 Å². The zero-order chi connectivity index (χ0) is 17.0. The topological polar surface area (TPSA) is 34.2 Å². The van der Waals surface area contributed by atoms with Crippen LogP contribution in [0.3, 0.4) is 0 Å². The Morgan fingerprint density at radius 3 is 2.83 bits per heavy atom. The summed E-state index contributed by atoms with van der Waals surface area (Å²) in [5, 5.41) is 0. The first kappa shape index (κ1) is 17.5. The fourth-order valence-electron chi connectivity index (χ4n) is 3.73. The highest BCUT2D eigenvalue weighted by molar-refractivity contribution is 5.53. The Bertz CT molecular complexity index is 529. The summed E-state index contributed by atoms with van der Waals surface area (Å²) in [6.07, 6.45) is 1.31. The molecule has 2 heterocycles. The molecule has 2 fully saturated rings. The molecular formula is C19H30N2O3. The van der Waals surface area contributed by atoms with Gasteiger partial charge in [-0.15, -0.1) is 0 Å². The number of benzene rings is 1. The molecule has 134 valence electrons. The molecule has 1 unspecified atom stereocenters. The van der Waals surface area contributed by atoms with Crippen molar-refractivity contribution in [1.82, 2.24) is 4.90 Å². The smallest absolute Gasteiger partial charge is 0.120 e. The summed E-state index contributed by atoms with van der Waals surface area (Å²) in [6, 6.07) is 8.37. The Labute approximate surface area is 145 Å². The predicted octanol–water partition coefficient (Wildman–Crippen LogP) is 2.40. The second-order valence-electron chi connectivity index (χ2n) is 7.30. The van der Waals surface area contributed by atoms with Gasteiger partial charge in [-0.2, -0.15) is 0 Å². The molecule has 2 aliphatic heterocycles. The van der Waals surface area contributed by atoms with E-state index in [1.165, 1.54) is 5.69 Å². The van der Waals surface area contributed by atoms with Gasteiger partial charge in [-0.25, -0.2) is 0 Å². The average Bonchev–Trinajstić information content (AvgIpc) is 2.60. The summed E-state index contributed by atoms with van der Waals surface area (Å²) in [5.41, 5.74) is 1.33. The van der Waals surface area contributed by atoms with E-state index in [1.54, 1.807) is 7.11 Å². The molecule has 0 radical (unpaired) electrons. The van der Waals surface area contributed by atoms with Crippen LogP contribution in [0.15, 0.2) is 24.3 Å². The van der Waals surface area contributed by atoms with Crippen LogP contribution in [-0.4, -0.2) is 69.7 Å². The summed E-state index contributed by atoms with van der Waals surface area (Å²) in [7, 11) is 1.72. The third-order valence-electron chi connectivity index (χ3n) is 5.00. The largest absolute Gasteiger partial charge is 0.497 e. The fraction of sp³-hybridized carbons (Fsp3) is 0.684. The summed E-state index contributed by atoms with van der Waals surface area (Å²) in [4.78, 5) is 5.04. The first-order valence-corrected chi connectivity index (χ1v) is 8.92. The molecule has 0 saturated carbocycles. The minimum Gasteiger partial charge on any atom is -0.497 e. The molecule has 5 heteroatoms. The minimum absolute atomic E-state index is 0.0918. The lowest BCUT2D eigenvalue weighted by atomic mass is 9.97. The van der Waals surface area contributed by atoms with Crippen molar-refractivity contribution in [2.75, 3.05) is 58.0 Å². The van der Waals surface area contributed by atoms with Gasteiger partial charge in [0.25, 0.3) is 0 Å². The summed E-state index contributed by atoms with van der Waals surface area (Å²) < 4.78 is 16.6. The van der Waals surface area contributed by atoms with Crippen molar-refractivity contribution in [3.05, 3.63) is 24.3 Å². The van der Waals surface area contributed by atoms with Crippen molar-refractivity contribution in [2.45, 2.75) is 31.9 Å². The quantitative estimate of drug-likeness (QED) is 0.826. The fourth-order valence-corrected chi connectivity index (χ4v) is 3.73. The maximum Gasteiger partial charge on any atom is 0.120 e. The van der Waals surface area contributed by atoms with E-state index in [1.807, 2.05) is 6.07 Å². The first-order valence-electron chi connectivity index (χ1n) is 8.92. The first-order chi connectivity index (χ1) is 11.6. The highest BCUT2D eigenvalue weighted by Crippen LogP contribution is 2.30. The molecule has 5 nitrogen and oxygen atoms in total. The number of nitrogens with zero attached hydrogens (tertiary/aromatic N) is 2. The van der Waals surface area contributed by atoms with Gasteiger partial charge in [-0.05, 0) is 32.4 Å². The number of ether oxygens (including phenoxy) is 3. The lowest BCUT2D eigenvalue weighted by Gasteiger charge is -2.49. The second-order valence-corrected chi connectivity index (χ2v) is 7.30. The van der Waals surface area contributed by atoms with Gasteiger partial charge in [0.05, 0.1) is 33.0 Å². The summed E-state index contributed by atoms with van der Waals surface area (Å²) >= 11 is 0. The van der Waals surface area contributed by atoms with E-state index in [0.29, 0.717) is 0 Å². The van der Waals surface area contributed by atoms with Crippen molar-refractivity contribution in [3.8, 4) is 5.75 Å². The minimum atomic E-state index is 0.0918. The Morgan fingerprint density at radius 2 is 2.12 bits per heavy atom. The third kappa shape index (κ3) is 4.21. The molecule has 1 aromatic rings. The zero-order valence-corrected chi connectivity index (χ0v) is 15.2. The third-order valence-corrected chi connectivity index (χ3v) is 5.00. The molecule has 3 rings (SSSR count). The molecule has 2 saturated heterocycles. The van der Waals surface area contributed by atoms with E-state index in [4.69, 9.17) is 14.2 Å². The van der Waals surface area contributed by atoms with Crippen molar-refractivity contribution in [3.63, 3.8) is 0 Å². The van der Waals surface area contributed by atoms with Crippen LogP contribution in [0.25, 0.3) is 0 Å². The number of piperazine rings is 1. The number of methoxy groups -OCH3 is 1. The molecule has 0 spiro atoms. The second kappa shape index (κ2) is 7.72. The molecule has 1 aromatic carbocycles. The van der Waals surface area contributed by atoms with Gasteiger partial charge >= 0.3 is 0 Å². The summed E-state index contributed by atoms with van der Waals surface area (Å²) in [5.74, 6) is 0.917.